The first-order valence-electron chi connectivity index (χ1n) is 20.2. The summed E-state index contributed by atoms with van der Waals surface area (Å²) in [4.78, 5) is 22.6. The van der Waals surface area contributed by atoms with Gasteiger partial charge in [-0.1, -0.05) is 159 Å². The number of hydrogen-bond acceptors (Lipinski definition) is 7. The predicted octanol–water partition coefficient (Wildman–Crippen LogP) is 9.75. The van der Waals surface area contributed by atoms with Crippen molar-refractivity contribution in [3.63, 3.8) is 0 Å². The van der Waals surface area contributed by atoms with E-state index < -0.39 is 38.6 Å². The Morgan fingerprint density at radius 2 is 1.14 bits per heavy atom. The van der Waals surface area contributed by atoms with Crippen LogP contribution in [0.2, 0.25) is 0 Å². The van der Waals surface area contributed by atoms with Crippen LogP contribution < -0.4 is 11.1 Å². The molecule has 1 amide bonds. The van der Waals surface area contributed by atoms with Crippen LogP contribution in [0, 0.1) is 0 Å². The molecule has 9 nitrogen and oxygen atoms in total. The highest BCUT2D eigenvalue weighted by molar-refractivity contribution is 7.47. The highest BCUT2D eigenvalue weighted by Crippen LogP contribution is 2.43. The predicted molar refractivity (Wildman–Crippen MR) is 209 cm³/mol. The van der Waals surface area contributed by atoms with Crippen molar-refractivity contribution in [2.45, 2.75) is 193 Å². The van der Waals surface area contributed by atoms with Crippen LogP contribution in [0.3, 0.4) is 0 Å². The molecule has 0 aliphatic carbocycles. The maximum absolute atomic E-state index is 12.7. The van der Waals surface area contributed by atoms with E-state index in [1.807, 2.05) is 6.08 Å². The molecule has 6 N–H and O–H groups in total. The summed E-state index contributed by atoms with van der Waals surface area (Å²) in [7, 11) is -4.40. The van der Waals surface area contributed by atoms with Crippen LogP contribution in [-0.4, -0.2) is 59.0 Å². The number of carbonyl (C=O) groups excluding carboxylic acids is 1. The molecule has 0 aromatic carbocycles. The van der Waals surface area contributed by atoms with E-state index in [1.54, 1.807) is 6.08 Å². The zero-order valence-electron chi connectivity index (χ0n) is 32.0. The lowest BCUT2D eigenvalue weighted by molar-refractivity contribution is -0.124. The molecule has 0 radical (unpaired) electrons. The standard InChI is InChI=1S/C40H77N2O7P/c1-3-5-7-9-11-13-14-15-16-17-18-19-20-21-22-23-24-26-28-30-32-39(44)38(36-49-50(46,47)48-34-33-41)42-40(45)35-37(43)31-29-27-25-12-10-8-6-4-2/h19-20,23-24,30,32,37-39,43-44H,3-18,21-22,25-29,31,33-36,41H2,1-2H3,(H,42,45)(H,46,47)/b20-19+,24-23+,32-30+. The average molecular weight is 729 g/mol. The Morgan fingerprint density at radius 1 is 0.680 bits per heavy atom. The van der Waals surface area contributed by atoms with E-state index in [1.165, 1.54) is 96.3 Å². The van der Waals surface area contributed by atoms with Gasteiger partial charge in [0.05, 0.1) is 37.9 Å². The lowest BCUT2D eigenvalue weighted by atomic mass is 10.0. The Kier molecular flexibility index (Phi) is 35.1. The number of hydrogen-bond donors (Lipinski definition) is 5. The quantitative estimate of drug-likeness (QED) is 0.0241. The van der Waals surface area contributed by atoms with Crippen molar-refractivity contribution in [3.8, 4) is 0 Å². The molecule has 0 saturated carbocycles. The fourth-order valence-electron chi connectivity index (χ4n) is 5.68. The summed E-state index contributed by atoms with van der Waals surface area (Å²) in [5.74, 6) is -0.464. The maximum atomic E-state index is 12.7. The van der Waals surface area contributed by atoms with E-state index >= 15 is 0 Å². The maximum Gasteiger partial charge on any atom is 0.472 e. The second kappa shape index (κ2) is 36.1. The van der Waals surface area contributed by atoms with Crippen LogP contribution in [0.1, 0.15) is 174 Å². The molecule has 294 valence electrons. The number of phosphoric acid groups is 1. The lowest BCUT2D eigenvalue weighted by Crippen LogP contribution is -2.46. The number of rotatable bonds is 37. The van der Waals surface area contributed by atoms with Gasteiger partial charge in [-0.2, -0.15) is 0 Å². The van der Waals surface area contributed by atoms with E-state index in [4.69, 9.17) is 14.8 Å². The monoisotopic (exact) mass is 729 g/mol. The molecule has 0 aliphatic rings. The van der Waals surface area contributed by atoms with Crippen molar-refractivity contribution < 1.29 is 33.5 Å². The molecule has 0 aromatic rings. The Morgan fingerprint density at radius 3 is 1.66 bits per heavy atom. The molecule has 0 bridgehead atoms. The van der Waals surface area contributed by atoms with Gasteiger partial charge in [-0.3, -0.25) is 13.8 Å². The van der Waals surface area contributed by atoms with Crippen molar-refractivity contribution in [2.75, 3.05) is 19.8 Å². The second-order valence-electron chi connectivity index (χ2n) is 13.7. The third-order valence-electron chi connectivity index (χ3n) is 8.75. The summed E-state index contributed by atoms with van der Waals surface area (Å²) in [5, 5.41) is 23.8. The summed E-state index contributed by atoms with van der Waals surface area (Å²) in [5.41, 5.74) is 5.34. The molecule has 4 unspecified atom stereocenters. The first-order chi connectivity index (χ1) is 24.3. The number of nitrogens with two attached hydrogens (primary N) is 1. The first-order valence-corrected chi connectivity index (χ1v) is 21.7. The summed E-state index contributed by atoms with van der Waals surface area (Å²) in [6.45, 7) is 3.89. The number of nitrogens with one attached hydrogen (secondary N) is 1. The highest BCUT2D eigenvalue weighted by atomic mass is 31.2. The lowest BCUT2D eigenvalue weighted by Gasteiger charge is -2.24. The van der Waals surface area contributed by atoms with E-state index in [0.29, 0.717) is 12.8 Å². The number of allylic oxidation sites excluding steroid dienone is 5. The molecular weight excluding hydrogens is 651 g/mol. The Hall–Kier alpha value is -1.32. The second-order valence-corrected chi connectivity index (χ2v) is 15.1. The largest absolute Gasteiger partial charge is 0.472 e. The highest BCUT2D eigenvalue weighted by Gasteiger charge is 2.27. The summed E-state index contributed by atoms with van der Waals surface area (Å²) in [6, 6.07) is -1.00. The molecule has 50 heavy (non-hydrogen) atoms. The molecule has 0 aliphatic heterocycles. The van der Waals surface area contributed by atoms with Crippen molar-refractivity contribution in [1.29, 1.82) is 0 Å². The van der Waals surface area contributed by atoms with Gasteiger partial charge in [0.15, 0.2) is 0 Å². The molecule has 0 heterocycles. The third-order valence-corrected chi connectivity index (χ3v) is 9.74. The van der Waals surface area contributed by atoms with Crippen LogP contribution in [0.5, 0.6) is 0 Å². The Labute approximate surface area is 306 Å². The van der Waals surface area contributed by atoms with Crippen LogP contribution in [-0.2, 0) is 18.4 Å². The fourth-order valence-corrected chi connectivity index (χ4v) is 6.44. The van der Waals surface area contributed by atoms with Gasteiger partial charge in [0.2, 0.25) is 5.91 Å². The SMILES string of the molecule is CCCCCCCCCCCC/C=C/CC/C=C/CC/C=C/C(O)C(COP(=O)(O)OCCN)NC(=O)CC(O)CCCCCCCCCC. The van der Waals surface area contributed by atoms with Gasteiger partial charge >= 0.3 is 7.82 Å². The topological polar surface area (TPSA) is 151 Å². The molecule has 0 rings (SSSR count). The van der Waals surface area contributed by atoms with Gasteiger partial charge in [-0.15, -0.1) is 0 Å². The number of aliphatic hydroxyl groups excluding tert-OH is 2. The van der Waals surface area contributed by atoms with Crippen LogP contribution in [0.25, 0.3) is 0 Å². The Balaban J connectivity index is 4.42. The number of carbonyl (C=O) groups is 1. The van der Waals surface area contributed by atoms with Gasteiger partial charge in [0.1, 0.15) is 0 Å². The molecule has 0 fully saturated rings. The van der Waals surface area contributed by atoms with Gasteiger partial charge in [-0.25, -0.2) is 4.57 Å². The molecule has 10 heteroatoms. The summed E-state index contributed by atoms with van der Waals surface area (Å²) in [6.07, 6.45) is 38.2. The van der Waals surface area contributed by atoms with Crippen molar-refractivity contribution >= 4 is 13.7 Å². The molecule has 0 spiro atoms. The summed E-state index contributed by atoms with van der Waals surface area (Å²) < 4.78 is 22.0. The molecule has 4 atom stereocenters. The van der Waals surface area contributed by atoms with E-state index in [2.05, 4.69) is 43.5 Å². The third kappa shape index (κ3) is 33.8. The smallest absolute Gasteiger partial charge is 0.393 e. The fraction of sp³-hybridized carbons (Fsp3) is 0.825. The Bertz CT molecular complexity index is 899. The number of phosphoric ester groups is 1. The summed E-state index contributed by atoms with van der Waals surface area (Å²) >= 11 is 0. The minimum atomic E-state index is -4.40. The number of aliphatic hydroxyl groups is 2. The van der Waals surface area contributed by atoms with Crippen LogP contribution in [0.4, 0.5) is 0 Å². The minimum absolute atomic E-state index is 0.0424. The zero-order valence-corrected chi connectivity index (χ0v) is 32.9. The first kappa shape index (κ1) is 48.7. The zero-order chi connectivity index (χ0) is 37.0. The molecule has 0 aromatic heterocycles. The van der Waals surface area contributed by atoms with Crippen LogP contribution >= 0.6 is 7.82 Å². The van der Waals surface area contributed by atoms with Gasteiger partial charge in [0.25, 0.3) is 0 Å². The van der Waals surface area contributed by atoms with Gasteiger partial charge in [-0.05, 0) is 44.9 Å². The van der Waals surface area contributed by atoms with Crippen molar-refractivity contribution in [3.05, 3.63) is 36.5 Å². The number of amides is 1. The van der Waals surface area contributed by atoms with Crippen molar-refractivity contribution in [2.24, 2.45) is 5.73 Å². The van der Waals surface area contributed by atoms with Gasteiger partial charge in [0, 0.05) is 6.54 Å². The minimum Gasteiger partial charge on any atom is -0.393 e. The van der Waals surface area contributed by atoms with Gasteiger partial charge < -0.3 is 26.2 Å². The van der Waals surface area contributed by atoms with E-state index in [9.17, 15) is 24.5 Å². The normalized spacial score (nSPS) is 15.2. The van der Waals surface area contributed by atoms with Crippen molar-refractivity contribution in [1.82, 2.24) is 5.32 Å². The van der Waals surface area contributed by atoms with E-state index in [-0.39, 0.29) is 19.6 Å². The molecule has 0 saturated heterocycles. The van der Waals surface area contributed by atoms with Crippen LogP contribution in [0.15, 0.2) is 36.5 Å². The van der Waals surface area contributed by atoms with E-state index in [0.717, 1.165) is 44.9 Å². The number of unbranched alkanes of at least 4 members (excludes halogenated alkanes) is 19. The molecular formula is C40H77N2O7P. The average Bonchev–Trinajstić information content (AvgIpc) is 3.09.